The highest BCUT2D eigenvalue weighted by Gasteiger charge is 2.53. The standard InChI is InChI=1S/C17H30F3NO2S/c1-10(2)15-13-8-12(14(9-13)16(15)11(3)4)6-5-7-21-24(22,23)17(18,19)20/h10-16,21H,5-9H2,1-4H3. The normalized spacial score (nSPS) is 33.8. The van der Waals surface area contributed by atoms with Crippen molar-refractivity contribution in [2.45, 2.75) is 58.9 Å². The van der Waals surface area contributed by atoms with Crippen LogP contribution >= 0.6 is 0 Å². The van der Waals surface area contributed by atoms with Gasteiger partial charge in [0.05, 0.1) is 0 Å². The number of nitrogens with one attached hydrogen (secondary N) is 1. The minimum Gasteiger partial charge on any atom is -0.207 e. The molecule has 0 saturated heterocycles. The predicted molar refractivity (Wildman–Crippen MR) is 88.6 cm³/mol. The van der Waals surface area contributed by atoms with E-state index in [1.807, 2.05) is 0 Å². The Bertz CT molecular complexity index is 530. The van der Waals surface area contributed by atoms with E-state index in [0.29, 0.717) is 36.0 Å². The van der Waals surface area contributed by atoms with E-state index < -0.39 is 15.5 Å². The molecule has 0 aromatic heterocycles. The van der Waals surface area contributed by atoms with Crippen LogP contribution in [0.15, 0.2) is 0 Å². The largest absolute Gasteiger partial charge is 0.511 e. The molecule has 2 saturated carbocycles. The predicted octanol–water partition coefficient (Wildman–Crippen LogP) is 4.41. The lowest BCUT2D eigenvalue weighted by Gasteiger charge is -2.40. The van der Waals surface area contributed by atoms with Crippen LogP contribution in [-0.4, -0.2) is 20.5 Å². The van der Waals surface area contributed by atoms with Crippen LogP contribution in [0.4, 0.5) is 13.2 Å². The quantitative estimate of drug-likeness (QED) is 0.676. The van der Waals surface area contributed by atoms with Crippen molar-refractivity contribution < 1.29 is 21.6 Å². The first-order valence-electron chi connectivity index (χ1n) is 9.01. The van der Waals surface area contributed by atoms with Crippen molar-refractivity contribution in [3.8, 4) is 0 Å². The van der Waals surface area contributed by atoms with Gasteiger partial charge in [0.25, 0.3) is 0 Å². The SMILES string of the molecule is CC(C)C1C2CC(CCCNS(=O)(=O)C(F)(F)F)C(C2)C1C(C)C. The van der Waals surface area contributed by atoms with E-state index in [2.05, 4.69) is 27.7 Å². The topological polar surface area (TPSA) is 46.2 Å². The van der Waals surface area contributed by atoms with E-state index >= 15 is 0 Å². The molecule has 142 valence electrons. The number of alkyl halides is 3. The first kappa shape index (κ1) is 20.0. The zero-order chi connectivity index (χ0) is 18.3. The average molecular weight is 369 g/mol. The molecule has 5 atom stereocenters. The second-order valence-corrected chi connectivity index (χ2v) is 10.0. The van der Waals surface area contributed by atoms with Gasteiger partial charge in [-0.15, -0.1) is 0 Å². The van der Waals surface area contributed by atoms with E-state index in [-0.39, 0.29) is 6.54 Å². The molecule has 0 spiro atoms. The van der Waals surface area contributed by atoms with Crippen LogP contribution in [0.1, 0.15) is 53.4 Å². The van der Waals surface area contributed by atoms with Crippen molar-refractivity contribution >= 4 is 10.0 Å². The maximum atomic E-state index is 12.3. The summed E-state index contributed by atoms with van der Waals surface area (Å²) in [5.41, 5.74) is -5.22. The number of hydrogen-bond acceptors (Lipinski definition) is 2. The highest BCUT2D eigenvalue weighted by Crippen LogP contribution is 2.60. The Labute approximate surface area is 143 Å². The fraction of sp³-hybridized carbons (Fsp3) is 1.00. The van der Waals surface area contributed by atoms with Gasteiger partial charge in [-0.25, -0.2) is 13.1 Å². The van der Waals surface area contributed by atoms with Gasteiger partial charge in [-0.1, -0.05) is 27.7 Å². The van der Waals surface area contributed by atoms with E-state index in [9.17, 15) is 21.6 Å². The molecular weight excluding hydrogens is 339 g/mol. The Hall–Kier alpha value is -0.300. The summed E-state index contributed by atoms with van der Waals surface area (Å²) in [6.07, 6.45) is 3.68. The molecule has 0 heterocycles. The summed E-state index contributed by atoms with van der Waals surface area (Å²) in [6.45, 7) is 9.00. The number of fused-ring (bicyclic) bond motifs is 2. The molecule has 2 fully saturated rings. The van der Waals surface area contributed by atoms with Crippen LogP contribution in [0.2, 0.25) is 0 Å². The molecule has 2 aliphatic rings. The van der Waals surface area contributed by atoms with Crippen LogP contribution in [0.25, 0.3) is 0 Å². The highest BCUT2D eigenvalue weighted by molar-refractivity contribution is 7.90. The first-order chi connectivity index (χ1) is 11.0. The zero-order valence-electron chi connectivity index (χ0n) is 14.9. The molecule has 0 radical (unpaired) electrons. The smallest absolute Gasteiger partial charge is 0.207 e. The molecule has 0 aliphatic heterocycles. The maximum absolute atomic E-state index is 12.3. The Morgan fingerprint density at radius 3 is 2.12 bits per heavy atom. The van der Waals surface area contributed by atoms with Gasteiger partial charge in [-0.05, 0) is 67.1 Å². The molecule has 2 bridgehead atoms. The molecule has 5 unspecified atom stereocenters. The summed E-state index contributed by atoms with van der Waals surface area (Å²) >= 11 is 0. The molecule has 2 aliphatic carbocycles. The van der Waals surface area contributed by atoms with Crippen LogP contribution in [0, 0.1) is 41.4 Å². The summed E-state index contributed by atoms with van der Waals surface area (Å²) in [5, 5.41) is 0. The molecule has 0 aromatic rings. The Balaban J connectivity index is 1.86. The van der Waals surface area contributed by atoms with Gasteiger partial charge in [-0.3, -0.25) is 0 Å². The third-order valence-corrected chi connectivity index (χ3v) is 7.35. The van der Waals surface area contributed by atoms with Gasteiger partial charge >= 0.3 is 15.5 Å². The van der Waals surface area contributed by atoms with E-state index in [0.717, 1.165) is 24.7 Å². The summed E-state index contributed by atoms with van der Waals surface area (Å²) in [6, 6.07) is 0. The van der Waals surface area contributed by atoms with Crippen molar-refractivity contribution in [1.29, 1.82) is 0 Å². The molecule has 0 aromatic carbocycles. The van der Waals surface area contributed by atoms with Crippen molar-refractivity contribution in [3.63, 3.8) is 0 Å². The molecule has 7 heteroatoms. The zero-order valence-corrected chi connectivity index (χ0v) is 15.8. The summed E-state index contributed by atoms with van der Waals surface area (Å²) < 4.78 is 60.6. The van der Waals surface area contributed by atoms with Gasteiger partial charge in [0, 0.05) is 6.54 Å². The fourth-order valence-electron chi connectivity index (χ4n) is 5.50. The summed E-state index contributed by atoms with van der Waals surface area (Å²) in [5.74, 6) is 4.68. The minimum absolute atomic E-state index is 0.129. The molecular formula is C17H30F3NO2S. The number of sulfonamides is 1. The van der Waals surface area contributed by atoms with Gasteiger partial charge in [0.2, 0.25) is 0 Å². The average Bonchev–Trinajstić information content (AvgIpc) is 2.99. The lowest BCUT2D eigenvalue weighted by atomic mass is 9.65. The van der Waals surface area contributed by atoms with E-state index in [1.165, 1.54) is 6.42 Å². The molecule has 3 nitrogen and oxygen atoms in total. The highest BCUT2D eigenvalue weighted by atomic mass is 32.2. The summed E-state index contributed by atoms with van der Waals surface area (Å²) in [4.78, 5) is 0. The lowest BCUT2D eigenvalue weighted by Crippen LogP contribution is -2.37. The van der Waals surface area contributed by atoms with Crippen molar-refractivity contribution in [1.82, 2.24) is 4.72 Å². The van der Waals surface area contributed by atoms with Gasteiger partial charge in [-0.2, -0.15) is 13.2 Å². The number of halogens is 3. The first-order valence-corrected chi connectivity index (χ1v) is 10.5. The summed E-state index contributed by atoms with van der Waals surface area (Å²) in [7, 11) is -5.20. The number of rotatable bonds is 7. The van der Waals surface area contributed by atoms with E-state index in [1.54, 1.807) is 4.72 Å². The van der Waals surface area contributed by atoms with Crippen molar-refractivity contribution in [3.05, 3.63) is 0 Å². The van der Waals surface area contributed by atoms with Gasteiger partial charge in [0.15, 0.2) is 0 Å². The molecule has 0 amide bonds. The van der Waals surface area contributed by atoms with Gasteiger partial charge in [0.1, 0.15) is 0 Å². The number of hydrogen-bond donors (Lipinski definition) is 1. The minimum atomic E-state index is -5.22. The van der Waals surface area contributed by atoms with Crippen LogP contribution in [0.5, 0.6) is 0 Å². The monoisotopic (exact) mass is 369 g/mol. The van der Waals surface area contributed by atoms with Crippen LogP contribution < -0.4 is 4.72 Å². The van der Waals surface area contributed by atoms with Gasteiger partial charge < -0.3 is 0 Å². The molecule has 1 N–H and O–H groups in total. The third-order valence-electron chi connectivity index (χ3n) is 6.16. The maximum Gasteiger partial charge on any atom is 0.511 e. The van der Waals surface area contributed by atoms with Crippen LogP contribution in [0.3, 0.4) is 0 Å². The second kappa shape index (κ2) is 7.14. The third kappa shape index (κ3) is 3.92. The van der Waals surface area contributed by atoms with Crippen LogP contribution in [-0.2, 0) is 10.0 Å². The lowest BCUT2D eigenvalue weighted by molar-refractivity contribution is -0.0447. The Morgan fingerprint density at radius 2 is 1.62 bits per heavy atom. The van der Waals surface area contributed by atoms with Crippen molar-refractivity contribution in [2.75, 3.05) is 6.54 Å². The Morgan fingerprint density at radius 1 is 1.04 bits per heavy atom. The second-order valence-electron chi connectivity index (χ2n) is 8.28. The van der Waals surface area contributed by atoms with E-state index in [4.69, 9.17) is 0 Å². The molecule has 2 rings (SSSR count). The molecule has 24 heavy (non-hydrogen) atoms. The van der Waals surface area contributed by atoms with Crippen molar-refractivity contribution in [2.24, 2.45) is 41.4 Å². The fourth-order valence-corrected chi connectivity index (χ4v) is 6.08. The Kier molecular flexibility index (Phi) is 5.95.